The zero-order valence-electron chi connectivity index (χ0n) is 20.8. The number of aliphatic carboxylic acids is 1. The number of phenols is 1. The van der Waals surface area contributed by atoms with Crippen molar-refractivity contribution in [2.75, 3.05) is 0 Å². The lowest BCUT2D eigenvalue weighted by Crippen LogP contribution is -2.23. The molecule has 0 spiro atoms. The molecule has 4 rings (SSSR count). The van der Waals surface area contributed by atoms with E-state index in [0.717, 1.165) is 5.39 Å². The van der Waals surface area contributed by atoms with E-state index in [9.17, 15) is 29.1 Å². The second kappa shape index (κ2) is 13.4. The monoisotopic (exact) mass is 583 g/mol. The van der Waals surface area contributed by atoms with E-state index in [2.05, 4.69) is 5.32 Å². The van der Waals surface area contributed by atoms with Crippen LogP contribution in [0.2, 0.25) is 10.0 Å². The molecule has 10 nitrogen and oxygen atoms in total. The second-order valence-corrected chi connectivity index (χ2v) is 9.23. The van der Waals surface area contributed by atoms with Gasteiger partial charge in [-0.3, -0.25) is 28.5 Å². The van der Waals surface area contributed by atoms with Crippen LogP contribution in [0.5, 0.6) is 5.75 Å². The number of carbonyl (C=O) groups excluding carboxylic acids is 4. The van der Waals surface area contributed by atoms with Crippen LogP contribution in [0.1, 0.15) is 49.6 Å². The molecule has 40 heavy (non-hydrogen) atoms. The van der Waals surface area contributed by atoms with Gasteiger partial charge in [0, 0.05) is 23.9 Å². The Labute approximate surface area is 237 Å². The van der Waals surface area contributed by atoms with E-state index >= 15 is 0 Å². The number of aromatic nitrogens is 1. The van der Waals surface area contributed by atoms with Crippen LogP contribution in [0.15, 0.2) is 66.7 Å². The van der Waals surface area contributed by atoms with Gasteiger partial charge in [-0.2, -0.15) is 0 Å². The first-order chi connectivity index (χ1) is 19.0. The first-order valence-electron chi connectivity index (χ1n) is 11.7. The number of phenolic OH excluding ortho intramolecular Hbond substituents is 1. The first kappa shape index (κ1) is 29.9. The number of carboxylic acid groups (broad SMARTS) is 1. The number of rotatable bonds is 9. The summed E-state index contributed by atoms with van der Waals surface area (Å²) in [5.74, 6) is -2.58. The molecule has 206 valence electrons. The lowest BCUT2D eigenvalue weighted by Gasteiger charge is -2.10. The molecule has 4 aromatic rings. The highest BCUT2D eigenvalue weighted by molar-refractivity contribution is 6.40. The molecular formula is C28H23Cl2N3O7. The number of nitrogens with two attached hydrogens (primary N) is 1. The van der Waals surface area contributed by atoms with Crippen LogP contribution < -0.4 is 11.1 Å². The van der Waals surface area contributed by atoms with Gasteiger partial charge in [0.25, 0.3) is 11.8 Å². The lowest BCUT2D eigenvalue weighted by atomic mass is 10.0. The van der Waals surface area contributed by atoms with Crippen LogP contribution in [0.25, 0.3) is 10.9 Å². The van der Waals surface area contributed by atoms with E-state index in [1.54, 1.807) is 30.3 Å². The molecule has 12 heteroatoms. The smallest absolute Gasteiger partial charge is 0.303 e. The Morgan fingerprint density at radius 3 is 2.20 bits per heavy atom. The lowest BCUT2D eigenvalue weighted by molar-refractivity contribution is -0.136. The van der Waals surface area contributed by atoms with Gasteiger partial charge in [-0.15, -0.1) is 0 Å². The Balaban J connectivity index is 0.000000263. The van der Waals surface area contributed by atoms with Gasteiger partial charge in [0.1, 0.15) is 11.4 Å². The molecule has 1 aromatic heterocycles. The molecule has 0 unspecified atom stereocenters. The maximum absolute atomic E-state index is 12.3. The van der Waals surface area contributed by atoms with E-state index in [0.29, 0.717) is 17.5 Å². The summed E-state index contributed by atoms with van der Waals surface area (Å²) in [6, 6.07) is 17.9. The quantitative estimate of drug-likeness (QED) is 0.166. The molecule has 0 saturated carbocycles. The third-order valence-electron chi connectivity index (χ3n) is 5.62. The summed E-state index contributed by atoms with van der Waals surface area (Å²) in [4.78, 5) is 56.6. The van der Waals surface area contributed by atoms with Crippen molar-refractivity contribution in [2.24, 2.45) is 5.73 Å². The normalized spacial score (nSPS) is 10.3. The van der Waals surface area contributed by atoms with Gasteiger partial charge in [0.2, 0.25) is 6.41 Å². The minimum atomic E-state index is -1.10. The molecule has 0 aliphatic carbocycles. The second-order valence-electron chi connectivity index (χ2n) is 8.41. The summed E-state index contributed by atoms with van der Waals surface area (Å²) in [6.45, 7) is 0.182. The molecule has 3 aromatic carbocycles. The number of nitrogens with one attached hydrogen (secondary N) is 1. The van der Waals surface area contributed by atoms with Crippen LogP contribution in [0, 0.1) is 0 Å². The minimum Gasteiger partial charge on any atom is -0.508 e. The van der Waals surface area contributed by atoms with Gasteiger partial charge < -0.3 is 21.3 Å². The molecule has 5 N–H and O–H groups in total. The van der Waals surface area contributed by atoms with E-state index < -0.39 is 23.6 Å². The average molecular weight is 584 g/mol. The zero-order chi connectivity index (χ0) is 29.4. The van der Waals surface area contributed by atoms with Gasteiger partial charge in [0.15, 0.2) is 5.78 Å². The largest absolute Gasteiger partial charge is 0.508 e. The van der Waals surface area contributed by atoms with Crippen molar-refractivity contribution in [1.82, 2.24) is 9.88 Å². The summed E-state index contributed by atoms with van der Waals surface area (Å²) in [5.41, 5.74) is 6.90. The van der Waals surface area contributed by atoms with Gasteiger partial charge >= 0.3 is 5.97 Å². The van der Waals surface area contributed by atoms with Crippen LogP contribution >= 0.6 is 23.2 Å². The number of aromatic hydroxyl groups is 1. The van der Waals surface area contributed by atoms with Crippen molar-refractivity contribution in [1.29, 1.82) is 0 Å². The zero-order valence-corrected chi connectivity index (χ0v) is 22.3. The number of Topliss-reactive ketones (excluding diaryl/α,β-unsaturated/α-hetero) is 1. The number of carbonyl (C=O) groups is 5. The molecule has 0 atom stereocenters. The molecule has 0 saturated heterocycles. The van der Waals surface area contributed by atoms with Crippen LogP contribution in [-0.2, 0) is 16.1 Å². The fraction of sp³-hybridized carbons (Fsp3) is 0.107. The van der Waals surface area contributed by atoms with Crippen LogP contribution in [0.3, 0.4) is 0 Å². The number of nitrogens with zero attached hydrogens (tertiary/aromatic N) is 1. The maximum Gasteiger partial charge on any atom is 0.303 e. The number of halogens is 2. The van der Waals surface area contributed by atoms with Crippen molar-refractivity contribution in [2.45, 2.75) is 19.4 Å². The van der Waals surface area contributed by atoms with Crippen molar-refractivity contribution in [3.63, 3.8) is 0 Å². The molecule has 1 heterocycles. The molecular weight excluding hydrogens is 561 g/mol. The number of hydrogen-bond acceptors (Lipinski definition) is 6. The Morgan fingerprint density at radius 1 is 0.925 bits per heavy atom. The van der Waals surface area contributed by atoms with E-state index in [1.807, 2.05) is 12.1 Å². The van der Waals surface area contributed by atoms with E-state index in [1.165, 1.54) is 28.8 Å². The van der Waals surface area contributed by atoms with Gasteiger partial charge in [-0.25, -0.2) is 0 Å². The highest BCUT2D eigenvalue weighted by Crippen LogP contribution is 2.28. The number of fused-ring (bicyclic) bond motifs is 1. The maximum atomic E-state index is 12.3. The van der Waals surface area contributed by atoms with E-state index in [4.69, 9.17) is 34.0 Å². The van der Waals surface area contributed by atoms with Crippen molar-refractivity contribution >= 4 is 64.1 Å². The predicted molar refractivity (Wildman–Crippen MR) is 150 cm³/mol. The number of benzene rings is 3. The summed E-state index contributed by atoms with van der Waals surface area (Å²) in [6.07, 6.45) is 0.0118. The molecule has 0 bridgehead atoms. The van der Waals surface area contributed by atoms with Crippen molar-refractivity contribution in [3.8, 4) is 5.75 Å². The fourth-order valence-electron chi connectivity index (χ4n) is 3.75. The molecule has 0 fully saturated rings. The number of hydrogen-bond donors (Lipinski definition) is 4. The molecule has 2 amide bonds. The molecule has 0 aliphatic rings. The Morgan fingerprint density at radius 2 is 1.60 bits per heavy atom. The molecule has 0 radical (unpaired) electrons. The van der Waals surface area contributed by atoms with Crippen LogP contribution in [0.4, 0.5) is 0 Å². The SMILES string of the molecule is NC(=O)c1cc2ccccc2n1C=O.O=C(O)CCC(=O)c1c(Cl)cc(C(=O)NCc2cccc(O)c2)cc1Cl. The standard InChI is InChI=1S/C18H15Cl2NO5.C10H8N2O2/c19-13-7-11(8-14(20)17(13)15(23)4-5-16(24)25)18(26)21-9-10-2-1-3-12(22)6-10;11-10(14)9-5-7-3-1-2-4-8(7)12(9)6-13/h1-3,6-8,22H,4-5,9H2,(H,21,26)(H,24,25);1-6H,(H2,11,14). The predicted octanol–water partition coefficient (Wildman–Crippen LogP) is 4.46. The third kappa shape index (κ3) is 7.46. The minimum absolute atomic E-state index is 0.000819. The number of amides is 2. The third-order valence-corrected chi connectivity index (χ3v) is 6.21. The summed E-state index contributed by atoms with van der Waals surface area (Å²) in [7, 11) is 0. The highest BCUT2D eigenvalue weighted by atomic mass is 35.5. The Hall–Kier alpha value is -4.67. The number of carboxylic acids is 1. The Kier molecular flexibility index (Phi) is 10.0. The van der Waals surface area contributed by atoms with Crippen molar-refractivity contribution in [3.05, 3.63) is 99.2 Å². The summed E-state index contributed by atoms with van der Waals surface area (Å²) < 4.78 is 1.25. The summed E-state index contributed by atoms with van der Waals surface area (Å²) in [5, 5.41) is 21.5. The number of primary amides is 1. The summed E-state index contributed by atoms with van der Waals surface area (Å²) >= 11 is 12.1. The molecule has 0 aliphatic heterocycles. The van der Waals surface area contributed by atoms with Gasteiger partial charge in [0.05, 0.1) is 27.5 Å². The number of para-hydroxylation sites is 1. The van der Waals surface area contributed by atoms with Gasteiger partial charge in [-0.1, -0.05) is 53.5 Å². The Bertz CT molecular complexity index is 1590. The average Bonchev–Trinajstić information content (AvgIpc) is 3.30. The van der Waals surface area contributed by atoms with Crippen molar-refractivity contribution < 1.29 is 34.2 Å². The first-order valence-corrected chi connectivity index (χ1v) is 12.4. The van der Waals surface area contributed by atoms with E-state index in [-0.39, 0.29) is 52.0 Å². The van der Waals surface area contributed by atoms with Gasteiger partial charge in [-0.05, 0) is 42.0 Å². The number of ketones is 1. The fourth-order valence-corrected chi connectivity index (χ4v) is 4.44. The topological polar surface area (TPSA) is 169 Å². The van der Waals surface area contributed by atoms with Crippen LogP contribution in [-0.4, -0.2) is 44.8 Å². The highest BCUT2D eigenvalue weighted by Gasteiger charge is 2.19.